The first-order valence-corrected chi connectivity index (χ1v) is 9.42. The number of rotatable bonds is 4. The lowest BCUT2D eigenvalue weighted by Crippen LogP contribution is -2.40. The number of carbonyl (C=O) groups is 1. The number of nitrogens with one attached hydrogen (secondary N) is 2. The highest BCUT2D eigenvalue weighted by Crippen LogP contribution is 2.26. The van der Waals surface area contributed by atoms with Crippen molar-refractivity contribution in [3.8, 4) is 11.6 Å². The van der Waals surface area contributed by atoms with Crippen LogP contribution in [0.15, 0.2) is 55.1 Å². The Morgan fingerprint density at radius 2 is 1.93 bits per heavy atom. The van der Waals surface area contributed by atoms with Gasteiger partial charge in [0.15, 0.2) is 0 Å². The summed E-state index contributed by atoms with van der Waals surface area (Å²) >= 11 is 0. The number of H-pyrrole nitrogens is 1. The molecular weight excluding hydrogens is 354 g/mol. The average molecular weight is 377 g/mol. The molecule has 0 radical (unpaired) electrons. The lowest BCUT2D eigenvalue weighted by Gasteiger charge is -2.31. The van der Waals surface area contributed by atoms with Gasteiger partial charge in [0.2, 0.25) is 5.88 Å². The van der Waals surface area contributed by atoms with Gasteiger partial charge >= 0.3 is 6.03 Å². The minimum absolute atomic E-state index is 0.0999. The largest absolute Gasteiger partial charge is 0.439 e. The average Bonchev–Trinajstić information content (AvgIpc) is 3.26. The number of amides is 2. The van der Waals surface area contributed by atoms with Gasteiger partial charge in [0, 0.05) is 37.0 Å². The molecular formula is C21H23N5O2. The standard InChI is InChI=1S/C21H23N5O2/c1-15-2-5-18(6-3-15)28-20-7-4-17(12-23-20)25-21(27)26-10-8-16(9-11-26)19-13-22-14-24-19/h2-7,12-14,16H,8-11H2,1H3,(H,22,24)(H,25,27). The molecule has 1 aliphatic heterocycles. The normalized spacial score (nSPS) is 14.7. The molecule has 0 spiro atoms. The number of hydrogen-bond acceptors (Lipinski definition) is 4. The van der Waals surface area contributed by atoms with Crippen LogP contribution in [0.5, 0.6) is 11.6 Å². The number of benzene rings is 1. The molecule has 1 aromatic carbocycles. The maximum absolute atomic E-state index is 12.5. The summed E-state index contributed by atoms with van der Waals surface area (Å²) in [6.07, 6.45) is 7.03. The lowest BCUT2D eigenvalue weighted by atomic mass is 9.94. The van der Waals surface area contributed by atoms with Crippen LogP contribution >= 0.6 is 0 Å². The minimum Gasteiger partial charge on any atom is -0.439 e. The second-order valence-electron chi connectivity index (χ2n) is 7.00. The fourth-order valence-corrected chi connectivity index (χ4v) is 3.33. The van der Waals surface area contributed by atoms with Gasteiger partial charge in [-0.1, -0.05) is 17.7 Å². The molecule has 0 unspecified atom stereocenters. The van der Waals surface area contributed by atoms with Crippen LogP contribution < -0.4 is 10.1 Å². The molecule has 3 aromatic rings. The van der Waals surface area contributed by atoms with E-state index < -0.39 is 0 Å². The van der Waals surface area contributed by atoms with E-state index in [0.717, 1.165) is 37.4 Å². The van der Waals surface area contributed by atoms with E-state index in [2.05, 4.69) is 20.3 Å². The number of nitrogens with zero attached hydrogens (tertiary/aromatic N) is 3. The van der Waals surface area contributed by atoms with Crippen LogP contribution in [-0.4, -0.2) is 39.0 Å². The van der Waals surface area contributed by atoms with Gasteiger partial charge in [-0.15, -0.1) is 0 Å². The number of likely N-dealkylation sites (tertiary alicyclic amines) is 1. The van der Waals surface area contributed by atoms with E-state index in [4.69, 9.17) is 4.74 Å². The summed E-state index contributed by atoms with van der Waals surface area (Å²) in [4.78, 5) is 25.9. The first-order chi connectivity index (χ1) is 13.7. The van der Waals surface area contributed by atoms with Crippen LogP contribution in [-0.2, 0) is 0 Å². The van der Waals surface area contributed by atoms with Crippen LogP contribution in [0.4, 0.5) is 10.5 Å². The molecule has 0 aliphatic carbocycles. The number of urea groups is 1. The van der Waals surface area contributed by atoms with Crippen molar-refractivity contribution in [1.82, 2.24) is 19.9 Å². The zero-order chi connectivity index (χ0) is 19.3. The summed E-state index contributed by atoms with van der Waals surface area (Å²) in [7, 11) is 0. The number of piperidine rings is 1. The second kappa shape index (κ2) is 8.12. The van der Waals surface area contributed by atoms with Crippen molar-refractivity contribution in [1.29, 1.82) is 0 Å². The van der Waals surface area contributed by atoms with Gasteiger partial charge in [0.05, 0.1) is 18.2 Å². The zero-order valence-electron chi connectivity index (χ0n) is 15.8. The first kappa shape index (κ1) is 18.0. The third kappa shape index (κ3) is 4.31. The Morgan fingerprint density at radius 3 is 2.57 bits per heavy atom. The third-order valence-corrected chi connectivity index (χ3v) is 4.97. The Kier molecular flexibility index (Phi) is 5.23. The van der Waals surface area contributed by atoms with Gasteiger partial charge in [-0.2, -0.15) is 0 Å². The van der Waals surface area contributed by atoms with Crippen LogP contribution in [0.1, 0.15) is 30.0 Å². The molecule has 1 fully saturated rings. The predicted molar refractivity (Wildman–Crippen MR) is 107 cm³/mol. The Morgan fingerprint density at radius 1 is 1.14 bits per heavy atom. The lowest BCUT2D eigenvalue weighted by molar-refractivity contribution is 0.194. The Labute approximate surface area is 163 Å². The van der Waals surface area contributed by atoms with E-state index in [1.54, 1.807) is 24.7 Å². The number of aromatic amines is 1. The molecule has 1 saturated heterocycles. The highest BCUT2D eigenvalue weighted by atomic mass is 16.5. The van der Waals surface area contributed by atoms with Crippen LogP contribution in [0, 0.1) is 6.92 Å². The zero-order valence-corrected chi connectivity index (χ0v) is 15.8. The number of aromatic nitrogens is 3. The number of imidazole rings is 1. The third-order valence-electron chi connectivity index (χ3n) is 4.97. The van der Waals surface area contributed by atoms with Crippen molar-refractivity contribution < 1.29 is 9.53 Å². The summed E-state index contributed by atoms with van der Waals surface area (Å²) in [6, 6.07) is 11.2. The maximum Gasteiger partial charge on any atom is 0.321 e. The van der Waals surface area contributed by atoms with Crippen LogP contribution in [0.2, 0.25) is 0 Å². The molecule has 0 bridgehead atoms. The monoisotopic (exact) mass is 377 g/mol. The summed E-state index contributed by atoms with van der Waals surface area (Å²) in [6.45, 7) is 3.47. The molecule has 2 aromatic heterocycles. The molecule has 7 nitrogen and oxygen atoms in total. The highest BCUT2D eigenvalue weighted by molar-refractivity contribution is 5.89. The van der Waals surface area contributed by atoms with E-state index in [-0.39, 0.29) is 6.03 Å². The fraction of sp³-hybridized carbons (Fsp3) is 0.286. The van der Waals surface area contributed by atoms with E-state index >= 15 is 0 Å². The first-order valence-electron chi connectivity index (χ1n) is 9.42. The van der Waals surface area contributed by atoms with Gasteiger partial charge in [-0.05, 0) is 38.0 Å². The molecule has 7 heteroatoms. The van der Waals surface area contributed by atoms with Crippen molar-refractivity contribution in [2.75, 3.05) is 18.4 Å². The fourth-order valence-electron chi connectivity index (χ4n) is 3.33. The second-order valence-corrected chi connectivity index (χ2v) is 7.00. The Bertz CT molecular complexity index is 899. The van der Waals surface area contributed by atoms with Crippen molar-refractivity contribution in [3.05, 3.63) is 66.4 Å². The SMILES string of the molecule is Cc1ccc(Oc2ccc(NC(=O)N3CCC(c4cnc[nH]4)CC3)cn2)cc1. The molecule has 2 N–H and O–H groups in total. The van der Waals surface area contributed by atoms with Crippen LogP contribution in [0.25, 0.3) is 0 Å². The minimum atomic E-state index is -0.0999. The Hall–Kier alpha value is -3.35. The molecule has 3 heterocycles. The van der Waals surface area contributed by atoms with Crippen molar-refractivity contribution in [3.63, 3.8) is 0 Å². The molecule has 4 rings (SSSR count). The predicted octanol–water partition coefficient (Wildman–Crippen LogP) is 4.32. The number of pyridine rings is 1. The number of ether oxygens (including phenoxy) is 1. The van der Waals surface area contributed by atoms with E-state index in [1.165, 1.54) is 5.56 Å². The van der Waals surface area contributed by atoms with Crippen LogP contribution in [0.3, 0.4) is 0 Å². The van der Waals surface area contributed by atoms with Gasteiger partial charge < -0.3 is 19.9 Å². The number of anilines is 1. The molecule has 28 heavy (non-hydrogen) atoms. The van der Waals surface area contributed by atoms with Gasteiger partial charge in [-0.25, -0.2) is 14.8 Å². The summed E-state index contributed by atoms with van der Waals surface area (Å²) in [5.74, 6) is 1.66. The summed E-state index contributed by atoms with van der Waals surface area (Å²) in [5, 5.41) is 2.91. The van der Waals surface area contributed by atoms with Gasteiger partial charge in [-0.3, -0.25) is 0 Å². The number of aryl methyl sites for hydroxylation is 1. The van der Waals surface area contributed by atoms with Gasteiger partial charge in [0.25, 0.3) is 0 Å². The quantitative estimate of drug-likeness (QED) is 0.709. The van der Waals surface area contributed by atoms with Gasteiger partial charge in [0.1, 0.15) is 5.75 Å². The maximum atomic E-state index is 12.5. The molecule has 0 atom stereocenters. The van der Waals surface area contributed by atoms with Crippen molar-refractivity contribution in [2.24, 2.45) is 0 Å². The number of carbonyl (C=O) groups excluding carboxylic acids is 1. The molecule has 1 aliphatic rings. The molecule has 144 valence electrons. The highest BCUT2D eigenvalue weighted by Gasteiger charge is 2.24. The van der Waals surface area contributed by atoms with Crippen molar-refractivity contribution >= 4 is 11.7 Å². The number of hydrogen-bond donors (Lipinski definition) is 2. The van der Waals surface area contributed by atoms with Crippen molar-refractivity contribution in [2.45, 2.75) is 25.7 Å². The van der Waals surface area contributed by atoms with E-state index in [9.17, 15) is 4.79 Å². The summed E-state index contributed by atoms with van der Waals surface area (Å²) < 4.78 is 5.71. The molecule has 0 saturated carbocycles. The van der Waals surface area contributed by atoms with E-state index in [1.807, 2.05) is 42.3 Å². The summed E-state index contributed by atoms with van der Waals surface area (Å²) in [5.41, 5.74) is 2.97. The van der Waals surface area contributed by atoms with E-state index in [0.29, 0.717) is 17.5 Å². The smallest absolute Gasteiger partial charge is 0.321 e. The topological polar surface area (TPSA) is 83.1 Å². The molecule has 2 amide bonds. The Balaban J connectivity index is 1.29.